The topological polar surface area (TPSA) is 47.8 Å². The van der Waals surface area contributed by atoms with Gasteiger partial charge in [-0.15, -0.1) is 22.7 Å². The number of thiophene rings is 2. The highest BCUT2D eigenvalue weighted by Crippen LogP contribution is 2.35. The lowest BCUT2D eigenvalue weighted by atomic mass is 10.1. The maximum absolute atomic E-state index is 13.1. The first-order chi connectivity index (χ1) is 13.7. The molecule has 0 aliphatic rings. The number of benzene rings is 1. The minimum atomic E-state index is 0.00759. The van der Waals surface area contributed by atoms with Crippen molar-refractivity contribution in [2.24, 2.45) is 7.05 Å². The van der Waals surface area contributed by atoms with Gasteiger partial charge in [-0.3, -0.25) is 14.3 Å². The van der Waals surface area contributed by atoms with E-state index in [2.05, 4.69) is 23.2 Å². The van der Waals surface area contributed by atoms with Crippen molar-refractivity contribution in [3.8, 4) is 10.4 Å². The van der Waals surface area contributed by atoms with Gasteiger partial charge in [-0.25, -0.2) is 4.98 Å². The zero-order chi connectivity index (χ0) is 19.1. The second-order valence-electron chi connectivity index (χ2n) is 6.35. The molecule has 0 aliphatic carbocycles. The van der Waals surface area contributed by atoms with Crippen LogP contribution in [-0.2, 0) is 12.8 Å². The van der Waals surface area contributed by atoms with Gasteiger partial charge < -0.3 is 0 Å². The molecule has 5 rings (SSSR count). The van der Waals surface area contributed by atoms with Crippen molar-refractivity contribution in [3.05, 3.63) is 75.3 Å². The number of hydrogen-bond acceptors (Lipinski definition) is 6. The molecule has 0 radical (unpaired) electrons. The Morgan fingerprint density at radius 1 is 1.11 bits per heavy atom. The minimum absolute atomic E-state index is 0.00759. The number of fused-ring (bicyclic) bond motifs is 2. The Bertz CT molecular complexity index is 1350. The number of nitrogens with zero attached hydrogens (tertiary/aromatic N) is 3. The Balaban J connectivity index is 1.53. The van der Waals surface area contributed by atoms with E-state index in [1.54, 1.807) is 34.7 Å². The van der Waals surface area contributed by atoms with E-state index in [-0.39, 0.29) is 5.56 Å². The zero-order valence-electron chi connectivity index (χ0n) is 15.0. The SMILES string of the molecule is Cn1c(SCc2cccc3cccnc23)nc2scc(-c3cccs3)c2c1=O. The number of pyridine rings is 1. The molecule has 4 heterocycles. The van der Waals surface area contributed by atoms with Crippen LogP contribution in [0.15, 0.2) is 69.4 Å². The van der Waals surface area contributed by atoms with E-state index in [4.69, 9.17) is 4.98 Å². The van der Waals surface area contributed by atoms with Gasteiger partial charge in [-0.2, -0.15) is 0 Å². The third kappa shape index (κ3) is 2.96. The molecule has 0 bridgehead atoms. The summed E-state index contributed by atoms with van der Waals surface area (Å²) >= 11 is 4.74. The molecule has 1 aromatic carbocycles. The van der Waals surface area contributed by atoms with Crippen molar-refractivity contribution >= 4 is 55.6 Å². The number of thioether (sulfide) groups is 1. The third-order valence-electron chi connectivity index (χ3n) is 4.63. The van der Waals surface area contributed by atoms with Crippen LogP contribution in [0.4, 0.5) is 0 Å². The van der Waals surface area contributed by atoms with E-state index in [1.807, 2.05) is 41.2 Å². The van der Waals surface area contributed by atoms with Gasteiger partial charge in [-0.05, 0) is 23.1 Å². The largest absolute Gasteiger partial charge is 0.290 e. The van der Waals surface area contributed by atoms with E-state index in [0.717, 1.165) is 36.9 Å². The summed E-state index contributed by atoms with van der Waals surface area (Å²) in [4.78, 5) is 24.3. The highest BCUT2D eigenvalue weighted by atomic mass is 32.2. The predicted molar refractivity (Wildman–Crippen MR) is 119 cm³/mol. The lowest BCUT2D eigenvalue weighted by Gasteiger charge is -2.09. The molecule has 0 atom stereocenters. The zero-order valence-corrected chi connectivity index (χ0v) is 17.4. The Morgan fingerprint density at radius 2 is 2.00 bits per heavy atom. The van der Waals surface area contributed by atoms with Crippen LogP contribution in [0, 0.1) is 0 Å². The minimum Gasteiger partial charge on any atom is -0.290 e. The Morgan fingerprint density at radius 3 is 2.86 bits per heavy atom. The first-order valence-corrected chi connectivity index (χ1v) is 11.4. The van der Waals surface area contributed by atoms with Crippen LogP contribution in [0.2, 0.25) is 0 Å². The van der Waals surface area contributed by atoms with E-state index >= 15 is 0 Å². The van der Waals surface area contributed by atoms with Gasteiger partial charge in [-0.1, -0.05) is 42.1 Å². The first-order valence-electron chi connectivity index (χ1n) is 8.70. The lowest BCUT2D eigenvalue weighted by Crippen LogP contribution is -2.19. The quantitative estimate of drug-likeness (QED) is 0.281. The van der Waals surface area contributed by atoms with Crippen LogP contribution in [0.1, 0.15) is 5.56 Å². The summed E-state index contributed by atoms with van der Waals surface area (Å²) in [6.07, 6.45) is 1.81. The molecule has 0 saturated carbocycles. The fraction of sp³-hybridized carbons (Fsp3) is 0.0952. The summed E-state index contributed by atoms with van der Waals surface area (Å²) in [5.41, 5.74) is 3.13. The van der Waals surface area contributed by atoms with E-state index in [1.165, 1.54) is 11.3 Å². The molecule has 0 unspecified atom stereocenters. The highest BCUT2D eigenvalue weighted by Gasteiger charge is 2.16. The van der Waals surface area contributed by atoms with Crippen LogP contribution >= 0.6 is 34.4 Å². The van der Waals surface area contributed by atoms with Crippen molar-refractivity contribution in [1.29, 1.82) is 0 Å². The molecule has 0 fully saturated rings. The molecule has 0 saturated heterocycles. The van der Waals surface area contributed by atoms with Gasteiger partial charge in [0, 0.05) is 40.2 Å². The molecule has 7 heteroatoms. The first kappa shape index (κ1) is 17.6. The van der Waals surface area contributed by atoms with Gasteiger partial charge in [0.1, 0.15) is 4.83 Å². The Kier molecular flexibility index (Phi) is 4.50. The van der Waals surface area contributed by atoms with Crippen molar-refractivity contribution in [3.63, 3.8) is 0 Å². The lowest BCUT2D eigenvalue weighted by molar-refractivity contribution is 0.728. The van der Waals surface area contributed by atoms with Gasteiger partial charge in [0.25, 0.3) is 5.56 Å². The third-order valence-corrected chi connectivity index (χ3v) is 7.49. The van der Waals surface area contributed by atoms with Crippen molar-refractivity contribution in [2.45, 2.75) is 10.9 Å². The van der Waals surface area contributed by atoms with Crippen LogP contribution < -0.4 is 5.56 Å². The Hall–Kier alpha value is -2.48. The summed E-state index contributed by atoms with van der Waals surface area (Å²) in [5, 5.41) is 6.63. The molecule has 28 heavy (non-hydrogen) atoms. The van der Waals surface area contributed by atoms with E-state index < -0.39 is 0 Å². The molecular weight excluding hydrogens is 406 g/mol. The molecular formula is C21H15N3OS3. The molecule has 4 nitrogen and oxygen atoms in total. The second kappa shape index (κ2) is 7.16. The maximum Gasteiger partial charge on any atom is 0.263 e. The summed E-state index contributed by atoms with van der Waals surface area (Å²) in [7, 11) is 1.80. The van der Waals surface area contributed by atoms with Crippen molar-refractivity contribution < 1.29 is 0 Å². The summed E-state index contributed by atoms with van der Waals surface area (Å²) in [6.45, 7) is 0. The molecule has 5 aromatic rings. The second-order valence-corrected chi connectivity index (χ2v) is 9.09. The van der Waals surface area contributed by atoms with E-state index in [9.17, 15) is 4.79 Å². The summed E-state index contributed by atoms with van der Waals surface area (Å²) in [6, 6.07) is 14.2. The molecule has 0 aliphatic heterocycles. The van der Waals surface area contributed by atoms with Crippen molar-refractivity contribution in [2.75, 3.05) is 0 Å². The maximum atomic E-state index is 13.1. The van der Waals surface area contributed by atoms with Crippen LogP contribution in [0.5, 0.6) is 0 Å². The molecule has 4 aromatic heterocycles. The van der Waals surface area contributed by atoms with Gasteiger partial charge in [0.15, 0.2) is 5.16 Å². The number of hydrogen-bond donors (Lipinski definition) is 0. The van der Waals surface area contributed by atoms with Gasteiger partial charge in [0.2, 0.25) is 0 Å². The molecule has 138 valence electrons. The predicted octanol–water partition coefficient (Wildman–Crippen LogP) is 5.56. The average molecular weight is 422 g/mol. The van der Waals surface area contributed by atoms with Crippen LogP contribution in [0.3, 0.4) is 0 Å². The van der Waals surface area contributed by atoms with E-state index in [0.29, 0.717) is 11.1 Å². The fourth-order valence-corrected chi connectivity index (χ4v) is 5.98. The number of aromatic nitrogens is 3. The summed E-state index contributed by atoms with van der Waals surface area (Å²) < 4.78 is 1.66. The molecule has 0 amide bonds. The summed E-state index contributed by atoms with van der Waals surface area (Å²) in [5.74, 6) is 0.712. The smallest absolute Gasteiger partial charge is 0.263 e. The Labute approximate surface area is 173 Å². The molecule has 0 N–H and O–H groups in total. The highest BCUT2D eigenvalue weighted by molar-refractivity contribution is 7.98. The number of rotatable bonds is 4. The van der Waals surface area contributed by atoms with Crippen molar-refractivity contribution in [1.82, 2.24) is 14.5 Å². The van der Waals surface area contributed by atoms with Gasteiger partial charge in [0.05, 0.1) is 10.9 Å². The standard InChI is InChI=1S/C21H15N3OS3/c1-24-20(25)17-15(16-8-4-10-26-16)12-27-19(17)23-21(24)28-11-14-6-2-5-13-7-3-9-22-18(13)14/h2-10,12H,11H2,1H3. The average Bonchev–Trinajstić information content (AvgIpc) is 3.39. The molecule has 0 spiro atoms. The monoisotopic (exact) mass is 421 g/mol. The fourth-order valence-electron chi connectivity index (χ4n) is 3.22. The van der Waals surface area contributed by atoms with Crippen LogP contribution in [-0.4, -0.2) is 14.5 Å². The van der Waals surface area contributed by atoms with Gasteiger partial charge >= 0.3 is 0 Å². The normalized spacial score (nSPS) is 11.5. The number of para-hydroxylation sites is 1. The van der Waals surface area contributed by atoms with Crippen LogP contribution in [0.25, 0.3) is 31.6 Å².